The predicted octanol–water partition coefficient (Wildman–Crippen LogP) is 1.34. The Morgan fingerprint density at radius 2 is 2.33 bits per heavy atom. The summed E-state index contributed by atoms with van der Waals surface area (Å²) in [7, 11) is 1.60. The van der Waals surface area contributed by atoms with Crippen LogP contribution in [0, 0.1) is 17.0 Å². The molecule has 5 nitrogen and oxygen atoms in total. The van der Waals surface area contributed by atoms with Gasteiger partial charge in [0.1, 0.15) is 0 Å². The Balaban J connectivity index is 3.21. The lowest BCUT2D eigenvalue weighted by molar-refractivity contribution is -0.384. The highest BCUT2D eigenvalue weighted by Gasteiger charge is 2.13. The molecule has 0 fully saturated rings. The minimum Gasteiger partial charge on any atom is -0.367 e. The molecule has 0 spiro atoms. The maximum Gasteiger partial charge on any atom is 0.311 e. The molecule has 0 radical (unpaired) electrons. The zero-order chi connectivity index (χ0) is 9.14. The van der Waals surface area contributed by atoms with Crippen LogP contribution < -0.4 is 5.32 Å². The summed E-state index contributed by atoms with van der Waals surface area (Å²) >= 11 is 0. The highest BCUT2D eigenvalue weighted by molar-refractivity contribution is 5.55. The van der Waals surface area contributed by atoms with E-state index in [1.165, 1.54) is 6.07 Å². The second-order valence-electron chi connectivity index (χ2n) is 2.39. The third kappa shape index (κ3) is 1.50. The number of anilines is 1. The summed E-state index contributed by atoms with van der Waals surface area (Å²) in [6.07, 6.45) is 1.58. The van der Waals surface area contributed by atoms with E-state index in [9.17, 15) is 10.1 Å². The van der Waals surface area contributed by atoms with Crippen molar-refractivity contribution in [3.63, 3.8) is 0 Å². The van der Waals surface area contributed by atoms with E-state index in [4.69, 9.17) is 0 Å². The van der Waals surface area contributed by atoms with Crippen LogP contribution >= 0.6 is 0 Å². The molecule has 64 valence electrons. The summed E-state index contributed by atoms with van der Waals surface area (Å²) in [5, 5.41) is 13.1. The summed E-state index contributed by atoms with van der Waals surface area (Å²) in [5.41, 5.74) is 0.790. The first kappa shape index (κ1) is 8.45. The number of hydrogen-bond donors (Lipinski definition) is 1. The molecular formula is C7H9N3O2. The average molecular weight is 167 g/mol. The Kier molecular flexibility index (Phi) is 2.23. The number of aryl methyl sites for hydroxylation is 1. The van der Waals surface area contributed by atoms with Gasteiger partial charge < -0.3 is 5.32 Å². The minimum atomic E-state index is -0.453. The van der Waals surface area contributed by atoms with E-state index < -0.39 is 4.92 Å². The van der Waals surface area contributed by atoms with Crippen molar-refractivity contribution >= 4 is 11.5 Å². The standard InChI is InChI=1S/C7H9N3O2/c1-5-3-6(10(11)12)7(8-2)9-4-5/h3-4H,1-2H3,(H,8,9). The molecule has 0 aliphatic heterocycles. The number of nitrogens with zero attached hydrogens (tertiary/aromatic N) is 2. The van der Waals surface area contributed by atoms with E-state index in [0.29, 0.717) is 5.82 Å². The Morgan fingerprint density at radius 3 is 2.83 bits per heavy atom. The molecular weight excluding hydrogens is 158 g/mol. The van der Waals surface area contributed by atoms with E-state index in [1.54, 1.807) is 20.2 Å². The van der Waals surface area contributed by atoms with Crippen LogP contribution in [0.1, 0.15) is 5.56 Å². The van der Waals surface area contributed by atoms with Gasteiger partial charge in [-0.15, -0.1) is 0 Å². The van der Waals surface area contributed by atoms with Gasteiger partial charge in [0.25, 0.3) is 0 Å². The number of rotatable bonds is 2. The first-order chi connectivity index (χ1) is 5.65. The lowest BCUT2D eigenvalue weighted by Gasteiger charge is -2.00. The summed E-state index contributed by atoms with van der Waals surface area (Å²) in [6.45, 7) is 1.76. The summed E-state index contributed by atoms with van der Waals surface area (Å²) in [5.74, 6) is 0.297. The van der Waals surface area contributed by atoms with E-state index in [-0.39, 0.29) is 5.69 Å². The largest absolute Gasteiger partial charge is 0.367 e. The lowest BCUT2D eigenvalue weighted by atomic mass is 10.3. The number of nitro groups is 1. The Bertz CT molecular complexity index is 312. The summed E-state index contributed by atoms with van der Waals surface area (Å²) < 4.78 is 0. The molecule has 0 saturated carbocycles. The first-order valence-corrected chi connectivity index (χ1v) is 3.44. The highest BCUT2D eigenvalue weighted by atomic mass is 16.6. The molecule has 1 heterocycles. The molecule has 0 aliphatic carbocycles. The molecule has 1 N–H and O–H groups in total. The smallest absolute Gasteiger partial charge is 0.311 e. The second-order valence-corrected chi connectivity index (χ2v) is 2.39. The third-order valence-electron chi connectivity index (χ3n) is 1.44. The zero-order valence-corrected chi connectivity index (χ0v) is 6.87. The van der Waals surface area contributed by atoms with Crippen molar-refractivity contribution in [2.75, 3.05) is 12.4 Å². The van der Waals surface area contributed by atoms with Crippen molar-refractivity contribution in [3.05, 3.63) is 27.9 Å². The van der Waals surface area contributed by atoms with Gasteiger partial charge in [-0.25, -0.2) is 4.98 Å². The van der Waals surface area contributed by atoms with Gasteiger partial charge in [0.15, 0.2) is 0 Å². The molecule has 1 aromatic rings. The third-order valence-corrected chi connectivity index (χ3v) is 1.44. The van der Waals surface area contributed by atoms with Crippen LogP contribution in [-0.4, -0.2) is 17.0 Å². The van der Waals surface area contributed by atoms with Crippen molar-refractivity contribution in [1.29, 1.82) is 0 Å². The van der Waals surface area contributed by atoms with Crippen LogP contribution in [0.2, 0.25) is 0 Å². The van der Waals surface area contributed by atoms with Crippen LogP contribution in [-0.2, 0) is 0 Å². The number of nitrogens with one attached hydrogen (secondary N) is 1. The molecule has 1 aromatic heterocycles. The molecule has 0 aromatic carbocycles. The maximum absolute atomic E-state index is 10.5. The van der Waals surface area contributed by atoms with E-state index in [2.05, 4.69) is 10.3 Å². The summed E-state index contributed by atoms with van der Waals surface area (Å²) in [6, 6.07) is 1.48. The SMILES string of the molecule is CNc1ncc(C)cc1[N+](=O)[O-]. The molecule has 0 amide bonds. The lowest BCUT2D eigenvalue weighted by Crippen LogP contribution is -1.99. The van der Waals surface area contributed by atoms with Gasteiger partial charge in [-0.1, -0.05) is 0 Å². The van der Waals surface area contributed by atoms with Crippen LogP contribution in [0.25, 0.3) is 0 Å². The average Bonchev–Trinajstić information content (AvgIpc) is 2.04. The number of hydrogen-bond acceptors (Lipinski definition) is 4. The monoisotopic (exact) mass is 167 g/mol. The normalized spacial score (nSPS) is 9.50. The van der Waals surface area contributed by atoms with Crippen LogP contribution in [0.4, 0.5) is 11.5 Å². The Morgan fingerprint density at radius 1 is 1.67 bits per heavy atom. The van der Waals surface area contributed by atoms with E-state index >= 15 is 0 Å². The molecule has 0 atom stereocenters. The zero-order valence-electron chi connectivity index (χ0n) is 6.87. The van der Waals surface area contributed by atoms with Gasteiger partial charge in [-0.3, -0.25) is 10.1 Å². The molecule has 0 unspecified atom stereocenters. The fourth-order valence-electron chi connectivity index (χ4n) is 0.886. The highest BCUT2D eigenvalue weighted by Crippen LogP contribution is 2.21. The molecule has 0 saturated heterocycles. The van der Waals surface area contributed by atoms with Gasteiger partial charge in [-0.2, -0.15) is 0 Å². The first-order valence-electron chi connectivity index (χ1n) is 3.44. The minimum absolute atomic E-state index is 0.0116. The molecule has 5 heteroatoms. The van der Waals surface area contributed by atoms with E-state index in [1.807, 2.05) is 0 Å². The van der Waals surface area contributed by atoms with Gasteiger partial charge in [0.05, 0.1) is 4.92 Å². The van der Waals surface area contributed by atoms with Crippen molar-refractivity contribution in [1.82, 2.24) is 4.98 Å². The van der Waals surface area contributed by atoms with Crippen molar-refractivity contribution in [2.45, 2.75) is 6.92 Å². The van der Waals surface area contributed by atoms with E-state index in [0.717, 1.165) is 5.56 Å². The predicted molar refractivity (Wildman–Crippen MR) is 45.2 cm³/mol. The maximum atomic E-state index is 10.5. The summed E-state index contributed by atoms with van der Waals surface area (Å²) in [4.78, 5) is 13.9. The number of aromatic nitrogens is 1. The second kappa shape index (κ2) is 3.17. The van der Waals surface area contributed by atoms with Crippen LogP contribution in [0.5, 0.6) is 0 Å². The van der Waals surface area contributed by atoms with Gasteiger partial charge in [0, 0.05) is 19.3 Å². The molecule has 0 aliphatic rings. The Hall–Kier alpha value is -1.65. The fourth-order valence-corrected chi connectivity index (χ4v) is 0.886. The number of pyridine rings is 1. The fraction of sp³-hybridized carbons (Fsp3) is 0.286. The van der Waals surface area contributed by atoms with Gasteiger partial charge in [-0.05, 0) is 12.5 Å². The van der Waals surface area contributed by atoms with Crippen LogP contribution in [0.15, 0.2) is 12.3 Å². The molecule has 12 heavy (non-hydrogen) atoms. The van der Waals surface area contributed by atoms with Crippen molar-refractivity contribution in [3.8, 4) is 0 Å². The van der Waals surface area contributed by atoms with Crippen molar-refractivity contribution < 1.29 is 4.92 Å². The Labute approximate surface area is 69.6 Å². The van der Waals surface area contributed by atoms with Gasteiger partial charge >= 0.3 is 5.69 Å². The molecule has 1 rings (SSSR count). The van der Waals surface area contributed by atoms with Crippen LogP contribution in [0.3, 0.4) is 0 Å². The molecule has 0 bridgehead atoms. The quantitative estimate of drug-likeness (QED) is 0.533. The van der Waals surface area contributed by atoms with Gasteiger partial charge in [0.2, 0.25) is 5.82 Å². The van der Waals surface area contributed by atoms with Crippen molar-refractivity contribution in [2.24, 2.45) is 0 Å². The topological polar surface area (TPSA) is 68.1 Å².